The van der Waals surface area contributed by atoms with Gasteiger partial charge in [-0.25, -0.2) is 4.98 Å². The number of carbonyl (C=O) groups excluding carboxylic acids is 1. The van der Waals surface area contributed by atoms with Crippen molar-refractivity contribution in [3.63, 3.8) is 0 Å². The molecule has 0 aliphatic rings. The van der Waals surface area contributed by atoms with E-state index < -0.39 is 0 Å². The van der Waals surface area contributed by atoms with E-state index in [0.717, 1.165) is 28.2 Å². The maximum atomic E-state index is 13.1. The number of hydrogen-bond donors (Lipinski definition) is 1. The first-order valence-electron chi connectivity index (χ1n) is 12.1. The van der Waals surface area contributed by atoms with Crippen molar-refractivity contribution in [3.05, 3.63) is 109 Å². The van der Waals surface area contributed by atoms with Crippen LogP contribution in [0, 0.1) is 0 Å². The van der Waals surface area contributed by atoms with Crippen LogP contribution in [0.3, 0.4) is 0 Å². The maximum Gasteiger partial charge on any atom is 0.244 e. The third-order valence-electron chi connectivity index (χ3n) is 6.08. The monoisotopic (exact) mass is 475 g/mol. The molecule has 0 aliphatic carbocycles. The van der Waals surface area contributed by atoms with E-state index in [1.54, 1.807) is 0 Å². The van der Waals surface area contributed by atoms with Gasteiger partial charge in [0.05, 0.1) is 11.0 Å². The highest BCUT2D eigenvalue weighted by Crippen LogP contribution is 2.29. The van der Waals surface area contributed by atoms with Crippen LogP contribution in [-0.4, -0.2) is 15.5 Å². The number of amides is 1. The summed E-state index contributed by atoms with van der Waals surface area (Å²) in [5, 5.41) is 3.00. The molecule has 0 saturated heterocycles. The van der Waals surface area contributed by atoms with E-state index in [0.29, 0.717) is 11.4 Å². The Bertz CT molecular complexity index is 1480. The summed E-state index contributed by atoms with van der Waals surface area (Å²) in [6.07, 6.45) is 0. The predicted molar refractivity (Wildman–Crippen MR) is 145 cm³/mol. The fourth-order valence-electron chi connectivity index (χ4n) is 4.15. The molecule has 36 heavy (non-hydrogen) atoms. The number of aromatic nitrogens is 2. The van der Waals surface area contributed by atoms with Crippen LogP contribution in [-0.2, 0) is 16.8 Å². The molecule has 0 radical (unpaired) electrons. The number of nitrogens with zero attached hydrogens (tertiary/aromatic N) is 2. The number of hydrogen-bond acceptors (Lipinski definition) is 3. The van der Waals surface area contributed by atoms with Gasteiger partial charge in [0.25, 0.3) is 0 Å². The first-order valence-corrected chi connectivity index (χ1v) is 12.1. The second kappa shape index (κ2) is 9.70. The molecule has 0 spiro atoms. The van der Waals surface area contributed by atoms with Gasteiger partial charge in [-0.05, 0) is 59.5 Å². The predicted octanol–water partition coefficient (Wildman–Crippen LogP) is 7.43. The SMILES string of the molecule is CC(C)(C)c1ccc(-c2nc3ccccc3n2CC(=O)Nc2ccc(Oc3ccccc3)cc2)cc1. The normalized spacial score (nSPS) is 11.4. The van der Waals surface area contributed by atoms with E-state index >= 15 is 0 Å². The van der Waals surface area contributed by atoms with Crippen molar-refractivity contribution in [2.75, 3.05) is 5.32 Å². The van der Waals surface area contributed by atoms with E-state index in [2.05, 4.69) is 50.4 Å². The molecule has 0 saturated carbocycles. The van der Waals surface area contributed by atoms with Gasteiger partial charge in [-0.2, -0.15) is 0 Å². The van der Waals surface area contributed by atoms with E-state index in [4.69, 9.17) is 9.72 Å². The number of carbonyl (C=O) groups is 1. The highest BCUT2D eigenvalue weighted by atomic mass is 16.5. The molecule has 1 amide bonds. The lowest BCUT2D eigenvalue weighted by atomic mass is 9.87. The third kappa shape index (κ3) is 5.15. The van der Waals surface area contributed by atoms with Crippen LogP contribution in [0.5, 0.6) is 11.5 Å². The lowest BCUT2D eigenvalue weighted by molar-refractivity contribution is -0.116. The third-order valence-corrected chi connectivity index (χ3v) is 6.08. The summed E-state index contributed by atoms with van der Waals surface area (Å²) in [6, 6.07) is 33.3. The molecule has 0 bridgehead atoms. The van der Waals surface area contributed by atoms with Crippen LogP contribution >= 0.6 is 0 Å². The minimum absolute atomic E-state index is 0.0697. The summed E-state index contributed by atoms with van der Waals surface area (Å²) >= 11 is 0. The van der Waals surface area contributed by atoms with Crippen molar-refractivity contribution in [1.29, 1.82) is 0 Å². The van der Waals surface area contributed by atoms with Gasteiger partial charge in [0.15, 0.2) is 0 Å². The highest BCUT2D eigenvalue weighted by Gasteiger charge is 2.17. The van der Waals surface area contributed by atoms with Crippen molar-refractivity contribution < 1.29 is 9.53 Å². The summed E-state index contributed by atoms with van der Waals surface area (Å²) < 4.78 is 7.82. The first kappa shape index (κ1) is 23.4. The Balaban J connectivity index is 1.36. The molecule has 0 fully saturated rings. The summed E-state index contributed by atoms with van der Waals surface area (Å²) in [4.78, 5) is 17.9. The zero-order chi connectivity index (χ0) is 25.1. The van der Waals surface area contributed by atoms with Crippen LogP contribution in [0.25, 0.3) is 22.4 Å². The fourth-order valence-corrected chi connectivity index (χ4v) is 4.15. The summed E-state index contributed by atoms with van der Waals surface area (Å²) in [7, 11) is 0. The second-order valence-corrected chi connectivity index (χ2v) is 9.83. The standard InChI is InChI=1S/C31H29N3O2/c1-31(2,3)23-15-13-22(14-16-23)30-33-27-11-7-8-12-28(27)34(30)21-29(35)32-24-17-19-26(20-18-24)36-25-9-5-4-6-10-25/h4-20H,21H2,1-3H3,(H,32,35). The van der Waals surface area contributed by atoms with Crippen LogP contribution in [0.4, 0.5) is 5.69 Å². The zero-order valence-corrected chi connectivity index (χ0v) is 20.7. The number of rotatable bonds is 6. The summed E-state index contributed by atoms with van der Waals surface area (Å²) in [6.45, 7) is 6.74. The Morgan fingerprint density at radius 2 is 1.44 bits per heavy atom. The second-order valence-electron chi connectivity index (χ2n) is 9.83. The molecular formula is C31H29N3O2. The van der Waals surface area contributed by atoms with E-state index in [-0.39, 0.29) is 17.9 Å². The van der Waals surface area contributed by atoms with Crippen LogP contribution in [0.15, 0.2) is 103 Å². The summed E-state index contributed by atoms with van der Waals surface area (Å²) in [5.74, 6) is 2.13. The number of benzene rings is 4. The van der Waals surface area contributed by atoms with Gasteiger partial charge < -0.3 is 14.6 Å². The Hall–Kier alpha value is -4.38. The average Bonchev–Trinajstić information content (AvgIpc) is 3.23. The Morgan fingerprint density at radius 1 is 0.806 bits per heavy atom. The maximum absolute atomic E-state index is 13.1. The van der Waals surface area contributed by atoms with Crippen LogP contribution in [0.2, 0.25) is 0 Å². The Morgan fingerprint density at radius 3 is 2.14 bits per heavy atom. The van der Waals surface area contributed by atoms with Gasteiger partial charge in [-0.1, -0.05) is 75.4 Å². The van der Waals surface area contributed by atoms with Gasteiger partial charge in [-0.15, -0.1) is 0 Å². The van der Waals surface area contributed by atoms with Gasteiger partial charge in [0, 0.05) is 11.3 Å². The highest BCUT2D eigenvalue weighted by molar-refractivity contribution is 5.92. The topological polar surface area (TPSA) is 56.2 Å². The molecule has 0 aliphatic heterocycles. The molecule has 5 rings (SSSR count). The van der Waals surface area contributed by atoms with Gasteiger partial charge >= 0.3 is 0 Å². The first-order chi connectivity index (χ1) is 17.4. The Labute approximate surface area is 211 Å². The minimum atomic E-state index is -0.123. The number of para-hydroxylation sites is 3. The number of imidazole rings is 1. The molecule has 0 unspecified atom stereocenters. The molecule has 0 atom stereocenters. The minimum Gasteiger partial charge on any atom is -0.457 e. The molecular weight excluding hydrogens is 446 g/mol. The quantitative estimate of drug-likeness (QED) is 0.278. The molecule has 1 N–H and O–H groups in total. The molecule has 1 aromatic heterocycles. The summed E-state index contributed by atoms with van der Waals surface area (Å²) in [5.41, 5.74) is 4.80. The van der Waals surface area contributed by atoms with Crippen molar-refractivity contribution in [2.45, 2.75) is 32.7 Å². The fraction of sp³-hybridized carbons (Fsp3) is 0.161. The van der Waals surface area contributed by atoms with E-state index in [1.807, 2.05) is 83.4 Å². The molecule has 5 aromatic rings. The molecule has 5 nitrogen and oxygen atoms in total. The van der Waals surface area contributed by atoms with Gasteiger partial charge in [-0.3, -0.25) is 4.79 Å². The Kier molecular flexibility index (Phi) is 6.30. The van der Waals surface area contributed by atoms with Crippen molar-refractivity contribution >= 4 is 22.6 Å². The lowest BCUT2D eigenvalue weighted by Gasteiger charge is -2.19. The van der Waals surface area contributed by atoms with Gasteiger partial charge in [0.1, 0.15) is 23.9 Å². The van der Waals surface area contributed by atoms with Crippen LogP contribution < -0.4 is 10.1 Å². The lowest BCUT2D eigenvalue weighted by Crippen LogP contribution is -2.19. The smallest absolute Gasteiger partial charge is 0.244 e. The molecule has 180 valence electrons. The van der Waals surface area contributed by atoms with Crippen molar-refractivity contribution in [3.8, 4) is 22.9 Å². The number of ether oxygens (including phenoxy) is 1. The van der Waals surface area contributed by atoms with E-state index in [9.17, 15) is 4.79 Å². The number of nitrogens with one attached hydrogen (secondary N) is 1. The van der Waals surface area contributed by atoms with E-state index in [1.165, 1.54) is 5.56 Å². The van der Waals surface area contributed by atoms with Crippen molar-refractivity contribution in [1.82, 2.24) is 9.55 Å². The zero-order valence-electron chi connectivity index (χ0n) is 20.7. The molecule has 1 heterocycles. The van der Waals surface area contributed by atoms with Crippen LogP contribution in [0.1, 0.15) is 26.3 Å². The average molecular weight is 476 g/mol. The molecule has 4 aromatic carbocycles. The number of fused-ring (bicyclic) bond motifs is 1. The van der Waals surface area contributed by atoms with Gasteiger partial charge in [0.2, 0.25) is 5.91 Å². The number of anilines is 1. The largest absolute Gasteiger partial charge is 0.457 e. The molecule has 5 heteroatoms. The van der Waals surface area contributed by atoms with Crippen molar-refractivity contribution in [2.24, 2.45) is 0 Å².